The third-order valence-corrected chi connectivity index (χ3v) is 2.89. The molecule has 0 aromatic carbocycles. The molecule has 0 bridgehead atoms. The van der Waals surface area contributed by atoms with Gasteiger partial charge in [-0.05, 0) is 20.4 Å². The molecule has 1 saturated heterocycles. The molecule has 1 aliphatic rings. The van der Waals surface area contributed by atoms with Gasteiger partial charge in [0.15, 0.2) is 6.10 Å². The van der Waals surface area contributed by atoms with E-state index >= 15 is 0 Å². The van der Waals surface area contributed by atoms with Gasteiger partial charge >= 0.3 is 6.18 Å². The van der Waals surface area contributed by atoms with Gasteiger partial charge in [-0.15, -0.1) is 0 Å². The third kappa shape index (κ3) is 3.92. The van der Waals surface area contributed by atoms with Gasteiger partial charge in [-0.2, -0.15) is 13.2 Å². The van der Waals surface area contributed by atoms with Crippen molar-refractivity contribution in [2.45, 2.75) is 31.7 Å². The molecule has 0 amide bonds. The number of alkyl halides is 3. The van der Waals surface area contributed by atoms with E-state index in [0.717, 1.165) is 13.3 Å². The minimum absolute atomic E-state index is 0.0607. The quantitative estimate of drug-likeness (QED) is 0.792. The van der Waals surface area contributed by atoms with Crippen molar-refractivity contribution in [2.24, 2.45) is 5.92 Å². The van der Waals surface area contributed by atoms with Crippen molar-refractivity contribution in [3.05, 3.63) is 0 Å². The summed E-state index contributed by atoms with van der Waals surface area (Å²) in [4.78, 5) is 0. The number of likely N-dealkylation sites (N-methyl/N-ethyl adjacent to an activating group) is 1. The second-order valence-electron chi connectivity index (χ2n) is 4.04. The highest BCUT2D eigenvalue weighted by Crippen LogP contribution is 2.23. The number of ether oxygens (including phenoxy) is 2. The van der Waals surface area contributed by atoms with Crippen molar-refractivity contribution < 1.29 is 22.6 Å². The molecule has 0 aromatic rings. The minimum atomic E-state index is -4.29. The number of hydrogen-bond acceptors (Lipinski definition) is 3. The highest BCUT2D eigenvalue weighted by molar-refractivity contribution is 4.78. The van der Waals surface area contributed by atoms with Crippen LogP contribution in [0.15, 0.2) is 0 Å². The first-order valence-electron chi connectivity index (χ1n) is 5.38. The Morgan fingerprint density at radius 1 is 1.50 bits per heavy atom. The topological polar surface area (TPSA) is 30.5 Å². The van der Waals surface area contributed by atoms with Crippen molar-refractivity contribution >= 4 is 0 Å². The van der Waals surface area contributed by atoms with Crippen LogP contribution in [-0.2, 0) is 9.47 Å². The maximum atomic E-state index is 12.2. The van der Waals surface area contributed by atoms with E-state index in [-0.39, 0.29) is 18.6 Å². The summed E-state index contributed by atoms with van der Waals surface area (Å²) in [5.74, 6) is 0.241. The molecule has 16 heavy (non-hydrogen) atoms. The molecular weight excluding hydrogens is 223 g/mol. The third-order valence-electron chi connectivity index (χ3n) is 2.89. The molecule has 1 heterocycles. The molecule has 0 aliphatic carbocycles. The van der Waals surface area contributed by atoms with Gasteiger partial charge in [-0.1, -0.05) is 0 Å². The van der Waals surface area contributed by atoms with Crippen molar-refractivity contribution in [1.29, 1.82) is 0 Å². The lowest BCUT2D eigenvalue weighted by molar-refractivity contribution is -0.216. The Kier molecular flexibility index (Phi) is 5.01. The van der Waals surface area contributed by atoms with Crippen molar-refractivity contribution in [3.63, 3.8) is 0 Å². The molecular formula is C10H18F3NO2. The molecule has 3 unspecified atom stereocenters. The van der Waals surface area contributed by atoms with E-state index in [4.69, 9.17) is 9.47 Å². The standard InChI is InChI=1S/C10H18F3NO2/c1-7(10(11,12)13)16-6-9(14-2)8-3-4-15-5-8/h7-9,14H,3-6H2,1-2H3. The number of hydrogen-bond donors (Lipinski definition) is 1. The van der Waals surface area contributed by atoms with Gasteiger partial charge in [0.1, 0.15) is 0 Å². The van der Waals surface area contributed by atoms with Gasteiger partial charge in [0.05, 0.1) is 13.2 Å². The lowest BCUT2D eigenvalue weighted by Gasteiger charge is -2.24. The fourth-order valence-electron chi connectivity index (χ4n) is 1.67. The first kappa shape index (κ1) is 13.7. The molecule has 3 atom stereocenters. The Morgan fingerprint density at radius 2 is 2.19 bits per heavy atom. The van der Waals surface area contributed by atoms with Crippen LogP contribution in [0.2, 0.25) is 0 Å². The van der Waals surface area contributed by atoms with Crippen LogP contribution in [0, 0.1) is 5.92 Å². The van der Waals surface area contributed by atoms with Gasteiger partial charge in [-0.3, -0.25) is 0 Å². The van der Waals surface area contributed by atoms with E-state index in [0.29, 0.717) is 13.2 Å². The summed E-state index contributed by atoms with van der Waals surface area (Å²) in [5.41, 5.74) is 0. The Balaban J connectivity index is 2.33. The maximum absolute atomic E-state index is 12.2. The van der Waals surface area contributed by atoms with E-state index in [1.807, 2.05) is 0 Å². The molecule has 6 heteroatoms. The van der Waals surface area contributed by atoms with E-state index in [2.05, 4.69) is 5.32 Å². The smallest absolute Gasteiger partial charge is 0.381 e. The van der Waals surface area contributed by atoms with Crippen LogP contribution in [0.25, 0.3) is 0 Å². The predicted molar refractivity (Wildman–Crippen MR) is 53.2 cm³/mol. The van der Waals surface area contributed by atoms with Gasteiger partial charge in [0, 0.05) is 18.6 Å². The van der Waals surface area contributed by atoms with Gasteiger partial charge in [-0.25, -0.2) is 0 Å². The highest BCUT2D eigenvalue weighted by atomic mass is 19.4. The highest BCUT2D eigenvalue weighted by Gasteiger charge is 2.37. The van der Waals surface area contributed by atoms with Crippen molar-refractivity contribution in [1.82, 2.24) is 5.32 Å². The van der Waals surface area contributed by atoms with Gasteiger partial charge in [0.2, 0.25) is 0 Å². The van der Waals surface area contributed by atoms with Crippen LogP contribution in [-0.4, -0.2) is 45.2 Å². The first-order valence-corrected chi connectivity index (χ1v) is 5.38. The minimum Gasteiger partial charge on any atom is -0.381 e. The fraction of sp³-hybridized carbons (Fsp3) is 1.00. The average Bonchev–Trinajstić information content (AvgIpc) is 2.70. The van der Waals surface area contributed by atoms with E-state index < -0.39 is 12.3 Å². The summed E-state index contributed by atoms with van der Waals surface area (Å²) in [7, 11) is 1.73. The molecule has 96 valence electrons. The molecule has 0 spiro atoms. The summed E-state index contributed by atoms with van der Waals surface area (Å²) >= 11 is 0. The van der Waals surface area contributed by atoms with Gasteiger partial charge in [0.25, 0.3) is 0 Å². The molecule has 1 aliphatic heterocycles. The summed E-state index contributed by atoms with van der Waals surface area (Å²) in [6.45, 7) is 2.36. The summed E-state index contributed by atoms with van der Waals surface area (Å²) in [6, 6.07) is -0.0766. The zero-order chi connectivity index (χ0) is 12.2. The second-order valence-corrected chi connectivity index (χ2v) is 4.04. The zero-order valence-corrected chi connectivity index (χ0v) is 9.51. The van der Waals surface area contributed by atoms with Crippen LogP contribution in [0.1, 0.15) is 13.3 Å². The van der Waals surface area contributed by atoms with Crippen LogP contribution in [0.4, 0.5) is 13.2 Å². The zero-order valence-electron chi connectivity index (χ0n) is 9.51. The summed E-state index contributed by atoms with van der Waals surface area (Å²) in [5, 5.41) is 2.98. The molecule has 3 nitrogen and oxygen atoms in total. The normalized spacial score (nSPS) is 25.7. The van der Waals surface area contributed by atoms with E-state index in [9.17, 15) is 13.2 Å². The first-order chi connectivity index (χ1) is 7.45. The predicted octanol–water partition coefficient (Wildman–Crippen LogP) is 1.58. The lowest BCUT2D eigenvalue weighted by Crippen LogP contribution is -2.41. The van der Waals surface area contributed by atoms with E-state index in [1.165, 1.54) is 0 Å². The number of nitrogens with one attached hydrogen (secondary N) is 1. The Labute approximate surface area is 93.3 Å². The van der Waals surface area contributed by atoms with Crippen LogP contribution in [0.3, 0.4) is 0 Å². The van der Waals surface area contributed by atoms with Crippen molar-refractivity contribution in [3.8, 4) is 0 Å². The Bertz CT molecular complexity index is 205. The molecule has 1 N–H and O–H groups in total. The summed E-state index contributed by atoms with van der Waals surface area (Å²) < 4.78 is 46.7. The molecule has 0 radical (unpaired) electrons. The maximum Gasteiger partial charge on any atom is 0.414 e. The SMILES string of the molecule is CNC(COC(C)C(F)(F)F)C1CCOC1. The molecule has 0 saturated carbocycles. The molecule has 1 rings (SSSR count). The van der Waals surface area contributed by atoms with Crippen LogP contribution in [0.5, 0.6) is 0 Å². The monoisotopic (exact) mass is 241 g/mol. The molecule has 1 fully saturated rings. The fourth-order valence-corrected chi connectivity index (χ4v) is 1.67. The van der Waals surface area contributed by atoms with Gasteiger partial charge < -0.3 is 14.8 Å². The number of rotatable bonds is 5. The lowest BCUT2D eigenvalue weighted by atomic mass is 10.00. The van der Waals surface area contributed by atoms with E-state index in [1.54, 1.807) is 7.05 Å². The van der Waals surface area contributed by atoms with Crippen molar-refractivity contribution in [2.75, 3.05) is 26.9 Å². The molecule has 0 aromatic heterocycles. The van der Waals surface area contributed by atoms with Crippen LogP contribution >= 0.6 is 0 Å². The second kappa shape index (κ2) is 5.84. The largest absolute Gasteiger partial charge is 0.414 e. The van der Waals surface area contributed by atoms with Crippen LogP contribution < -0.4 is 5.32 Å². The number of halogens is 3. The Morgan fingerprint density at radius 3 is 2.62 bits per heavy atom. The summed E-state index contributed by atoms with van der Waals surface area (Å²) in [6.07, 6.45) is -5.13. The average molecular weight is 241 g/mol. The Hall–Kier alpha value is -0.330.